The average molecular weight is 351 g/mol. The second kappa shape index (κ2) is 6.47. The van der Waals surface area contributed by atoms with Crippen molar-refractivity contribution in [1.29, 1.82) is 0 Å². The van der Waals surface area contributed by atoms with Gasteiger partial charge in [0, 0.05) is 5.56 Å². The van der Waals surface area contributed by atoms with Crippen LogP contribution in [0.4, 0.5) is 0 Å². The fourth-order valence-electron chi connectivity index (χ4n) is 3.02. The molecule has 3 aromatic rings. The summed E-state index contributed by atoms with van der Waals surface area (Å²) in [7, 11) is -3.85. The van der Waals surface area contributed by atoms with Crippen LogP contribution < -0.4 is 5.14 Å². The number of hydrogen-bond acceptors (Lipinski definition) is 2. The number of aryl methyl sites for hydroxylation is 3. The van der Waals surface area contributed by atoms with Crippen molar-refractivity contribution in [3.8, 4) is 22.3 Å². The topological polar surface area (TPSA) is 60.2 Å². The van der Waals surface area contributed by atoms with E-state index in [2.05, 4.69) is 0 Å². The summed E-state index contributed by atoms with van der Waals surface area (Å²) in [5, 5.41) is 5.52. The normalized spacial score (nSPS) is 11.5. The van der Waals surface area contributed by atoms with Crippen molar-refractivity contribution >= 4 is 10.0 Å². The number of rotatable bonds is 3. The van der Waals surface area contributed by atoms with E-state index in [0.29, 0.717) is 5.56 Å². The lowest BCUT2D eigenvalue weighted by Gasteiger charge is -2.17. The summed E-state index contributed by atoms with van der Waals surface area (Å²) in [5.41, 5.74) is 6.65. The number of benzene rings is 3. The molecule has 2 N–H and O–H groups in total. The zero-order chi connectivity index (χ0) is 18.2. The average Bonchev–Trinajstić information content (AvgIpc) is 2.55. The molecule has 0 unspecified atom stereocenters. The van der Waals surface area contributed by atoms with Crippen LogP contribution >= 0.6 is 0 Å². The first kappa shape index (κ1) is 17.4. The number of sulfonamides is 1. The largest absolute Gasteiger partial charge is 0.238 e. The molecule has 0 fully saturated rings. The fourth-order valence-corrected chi connectivity index (χ4v) is 3.79. The van der Waals surface area contributed by atoms with Gasteiger partial charge in [0.1, 0.15) is 0 Å². The van der Waals surface area contributed by atoms with Crippen molar-refractivity contribution in [2.75, 3.05) is 0 Å². The number of primary sulfonamides is 1. The maximum atomic E-state index is 12.2. The highest BCUT2D eigenvalue weighted by molar-refractivity contribution is 7.89. The molecule has 128 valence electrons. The lowest BCUT2D eigenvalue weighted by Crippen LogP contribution is -2.14. The van der Waals surface area contributed by atoms with Crippen LogP contribution in [0, 0.1) is 20.8 Å². The molecule has 0 bridgehead atoms. The molecule has 0 aromatic heterocycles. The molecule has 0 aliphatic heterocycles. The Kier molecular flexibility index (Phi) is 4.50. The van der Waals surface area contributed by atoms with Gasteiger partial charge in [0.25, 0.3) is 0 Å². The van der Waals surface area contributed by atoms with Crippen LogP contribution in [0.15, 0.2) is 65.6 Å². The maximum absolute atomic E-state index is 12.2. The molecule has 0 saturated carbocycles. The minimum Gasteiger partial charge on any atom is -0.225 e. The smallest absolute Gasteiger partial charge is 0.225 e. The van der Waals surface area contributed by atoms with E-state index < -0.39 is 10.0 Å². The molecule has 0 radical (unpaired) electrons. The van der Waals surface area contributed by atoms with Gasteiger partial charge in [0.2, 0.25) is 10.0 Å². The van der Waals surface area contributed by atoms with Crippen molar-refractivity contribution in [2.45, 2.75) is 25.7 Å². The van der Waals surface area contributed by atoms with E-state index in [1.807, 2.05) is 75.4 Å². The summed E-state index contributed by atoms with van der Waals surface area (Å²) in [6, 6.07) is 19.3. The Morgan fingerprint density at radius 2 is 1.08 bits per heavy atom. The standard InChI is InChI=1S/C21H21NO2S/c1-14-4-9-17(10-5-14)20-16(3)8-13-19(25(22,23)24)21(20)18-11-6-15(2)7-12-18/h4-13H,1-3H3,(H2,22,23,24). The van der Waals surface area contributed by atoms with E-state index in [1.54, 1.807) is 6.07 Å². The molecule has 0 aliphatic rings. The van der Waals surface area contributed by atoms with Crippen LogP contribution in [-0.2, 0) is 10.0 Å². The molecule has 0 aliphatic carbocycles. The number of hydrogen-bond donors (Lipinski definition) is 1. The lowest BCUT2D eigenvalue weighted by atomic mass is 9.90. The van der Waals surface area contributed by atoms with Crippen LogP contribution in [0.3, 0.4) is 0 Å². The van der Waals surface area contributed by atoms with Gasteiger partial charge in [-0.2, -0.15) is 0 Å². The molecule has 3 rings (SSSR count). The monoisotopic (exact) mass is 351 g/mol. The van der Waals surface area contributed by atoms with Gasteiger partial charge in [0.05, 0.1) is 4.90 Å². The Hall–Kier alpha value is -2.43. The molecule has 0 atom stereocenters. The number of nitrogens with two attached hydrogens (primary N) is 1. The van der Waals surface area contributed by atoms with E-state index >= 15 is 0 Å². The molecule has 3 nitrogen and oxygen atoms in total. The van der Waals surface area contributed by atoms with Gasteiger partial charge in [-0.05, 0) is 49.1 Å². The third-order valence-electron chi connectivity index (χ3n) is 4.36. The van der Waals surface area contributed by atoms with Gasteiger partial charge in [-0.3, -0.25) is 0 Å². The van der Waals surface area contributed by atoms with Gasteiger partial charge < -0.3 is 0 Å². The Bertz CT molecular complexity index is 1020. The van der Waals surface area contributed by atoms with Crippen molar-refractivity contribution in [2.24, 2.45) is 5.14 Å². The summed E-state index contributed by atoms with van der Waals surface area (Å²) in [5.74, 6) is 0. The Labute approximate surface area is 149 Å². The van der Waals surface area contributed by atoms with Crippen LogP contribution in [0.25, 0.3) is 22.3 Å². The Balaban J connectivity index is 2.41. The molecule has 0 heterocycles. The first-order valence-corrected chi connectivity index (χ1v) is 9.62. The van der Waals surface area contributed by atoms with Gasteiger partial charge in [-0.15, -0.1) is 0 Å². The zero-order valence-electron chi connectivity index (χ0n) is 14.6. The molecule has 0 saturated heterocycles. The van der Waals surface area contributed by atoms with Crippen LogP contribution in [0.2, 0.25) is 0 Å². The summed E-state index contributed by atoms with van der Waals surface area (Å²) in [4.78, 5) is 0.150. The predicted octanol–water partition coefficient (Wildman–Crippen LogP) is 4.59. The molecule has 0 spiro atoms. The quantitative estimate of drug-likeness (QED) is 0.750. The third-order valence-corrected chi connectivity index (χ3v) is 5.32. The summed E-state index contributed by atoms with van der Waals surface area (Å²) >= 11 is 0. The first-order chi connectivity index (χ1) is 11.8. The van der Waals surface area contributed by atoms with E-state index in [9.17, 15) is 8.42 Å². The molecule has 25 heavy (non-hydrogen) atoms. The fraction of sp³-hybridized carbons (Fsp3) is 0.143. The van der Waals surface area contributed by atoms with Crippen LogP contribution in [0.1, 0.15) is 16.7 Å². The summed E-state index contributed by atoms with van der Waals surface area (Å²) < 4.78 is 24.4. The second-order valence-electron chi connectivity index (χ2n) is 6.41. The third kappa shape index (κ3) is 3.50. The van der Waals surface area contributed by atoms with Gasteiger partial charge in [0.15, 0.2) is 0 Å². The first-order valence-electron chi connectivity index (χ1n) is 8.08. The highest BCUT2D eigenvalue weighted by Gasteiger charge is 2.21. The molecule has 3 aromatic carbocycles. The maximum Gasteiger partial charge on any atom is 0.238 e. The predicted molar refractivity (Wildman–Crippen MR) is 103 cm³/mol. The summed E-state index contributed by atoms with van der Waals surface area (Å²) in [6.07, 6.45) is 0. The van der Waals surface area contributed by atoms with E-state index in [-0.39, 0.29) is 4.90 Å². The van der Waals surface area contributed by atoms with Gasteiger partial charge >= 0.3 is 0 Å². The van der Waals surface area contributed by atoms with E-state index in [0.717, 1.165) is 33.4 Å². The van der Waals surface area contributed by atoms with E-state index in [4.69, 9.17) is 5.14 Å². The molecular formula is C21H21NO2S. The SMILES string of the molecule is Cc1ccc(-c2c(C)ccc(S(N)(=O)=O)c2-c2ccc(C)cc2)cc1. The van der Waals surface area contributed by atoms with Crippen molar-refractivity contribution in [3.05, 3.63) is 77.4 Å². The van der Waals surface area contributed by atoms with Crippen molar-refractivity contribution in [1.82, 2.24) is 0 Å². The van der Waals surface area contributed by atoms with Crippen LogP contribution in [-0.4, -0.2) is 8.42 Å². The van der Waals surface area contributed by atoms with Crippen molar-refractivity contribution in [3.63, 3.8) is 0 Å². The molecule has 4 heteroatoms. The van der Waals surface area contributed by atoms with Gasteiger partial charge in [-0.1, -0.05) is 65.7 Å². The second-order valence-corrected chi connectivity index (χ2v) is 7.94. The van der Waals surface area contributed by atoms with Crippen LogP contribution in [0.5, 0.6) is 0 Å². The minimum atomic E-state index is -3.85. The Morgan fingerprint density at radius 3 is 1.52 bits per heavy atom. The zero-order valence-corrected chi connectivity index (χ0v) is 15.4. The van der Waals surface area contributed by atoms with Gasteiger partial charge in [-0.25, -0.2) is 13.6 Å². The van der Waals surface area contributed by atoms with Crippen molar-refractivity contribution < 1.29 is 8.42 Å². The highest BCUT2D eigenvalue weighted by Crippen LogP contribution is 2.39. The van der Waals surface area contributed by atoms with E-state index in [1.165, 1.54) is 0 Å². The Morgan fingerprint density at radius 1 is 0.640 bits per heavy atom. The molecule has 0 amide bonds. The summed E-state index contributed by atoms with van der Waals surface area (Å²) in [6.45, 7) is 6.01. The lowest BCUT2D eigenvalue weighted by molar-refractivity contribution is 0.598. The minimum absolute atomic E-state index is 0.150. The molecular weight excluding hydrogens is 330 g/mol. The highest BCUT2D eigenvalue weighted by atomic mass is 32.2.